The molecule has 10 atom stereocenters. The Bertz CT molecular complexity index is 1000. The molecule has 10 unspecified atom stereocenters. The van der Waals surface area contributed by atoms with E-state index in [0.717, 1.165) is 0 Å². The molecular formula is C29H46N2O7S. The predicted octanol–water partition coefficient (Wildman–Crippen LogP) is 3.91. The smallest absolute Gasteiger partial charge is 0.320 e. The molecule has 2 aliphatic rings. The second-order valence-electron chi connectivity index (χ2n) is 12.0. The minimum atomic E-state index is -1.20. The number of cyclic esters (lactones) is 1. The Labute approximate surface area is 236 Å². The van der Waals surface area contributed by atoms with E-state index in [1.54, 1.807) is 33.5 Å². The van der Waals surface area contributed by atoms with Crippen molar-refractivity contribution in [2.75, 3.05) is 12.9 Å². The van der Waals surface area contributed by atoms with Crippen LogP contribution in [0.1, 0.15) is 67.7 Å². The number of hydrogen-bond donors (Lipinski definition) is 1. The number of esters is 2. The minimum Gasteiger partial charge on any atom is -0.458 e. The van der Waals surface area contributed by atoms with Gasteiger partial charge in [-0.25, -0.2) is 4.98 Å². The van der Waals surface area contributed by atoms with Gasteiger partial charge in [0.1, 0.15) is 17.1 Å². The number of aromatic nitrogens is 2. The van der Waals surface area contributed by atoms with Gasteiger partial charge in [-0.1, -0.05) is 27.7 Å². The summed E-state index contributed by atoms with van der Waals surface area (Å²) in [5, 5.41) is 10.5. The molecule has 10 heteroatoms. The molecule has 0 aromatic carbocycles. The van der Waals surface area contributed by atoms with E-state index in [2.05, 4.69) is 4.98 Å². The lowest BCUT2D eigenvalue weighted by molar-refractivity contribution is -0.186. The van der Waals surface area contributed by atoms with Gasteiger partial charge in [0.05, 0.1) is 24.0 Å². The van der Waals surface area contributed by atoms with Gasteiger partial charge in [-0.3, -0.25) is 14.4 Å². The number of nitrogens with zero attached hydrogens (tertiary/aromatic N) is 2. The summed E-state index contributed by atoms with van der Waals surface area (Å²) in [5.41, 5.74) is -1.88. The van der Waals surface area contributed by atoms with Crippen LogP contribution in [0.3, 0.4) is 0 Å². The number of aliphatic hydroxyl groups excluding tert-OH is 1. The van der Waals surface area contributed by atoms with Gasteiger partial charge in [0.15, 0.2) is 5.60 Å². The Morgan fingerprint density at radius 2 is 1.82 bits per heavy atom. The quantitative estimate of drug-likeness (QED) is 0.512. The normalized spacial score (nSPS) is 40.5. The maximum Gasteiger partial charge on any atom is 0.320 e. The lowest BCUT2D eigenvalue weighted by Gasteiger charge is -2.42. The van der Waals surface area contributed by atoms with Crippen molar-refractivity contribution in [2.45, 2.75) is 103 Å². The number of ketones is 1. The van der Waals surface area contributed by atoms with E-state index in [-0.39, 0.29) is 17.6 Å². The molecule has 2 aliphatic heterocycles. The van der Waals surface area contributed by atoms with E-state index in [0.29, 0.717) is 31.6 Å². The van der Waals surface area contributed by atoms with Gasteiger partial charge in [0.2, 0.25) is 0 Å². The summed E-state index contributed by atoms with van der Waals surface area (Å²) >= 11 is 1.46. The zero-order valence-electron chi connectivity index (χ0n) is 24.6. The molecule has 1 aromatic heterocycles. The first kappa shape index (κ1) is 31.6. The number of carbonyl (C=O) groups is 3. The molecule has 2 fully saturated rings. The molecule has 39 heavy (non-hydrogen) atoms. The molecular weight excluding hydrogens is 520 g/mol. The molecule has 0 spiro atoms. The van der Waals surface area contributed by atoms with Gasteiger partial charge in [-0.15, -0.1) is 11.8 Å². The number of imidazole rings is 1. The lowest BCUT2D eigenvalue weighted by atomic mass is 9.70. The Morgan fingerprint density at radius 1 is 1.13 bits per heavy atom. The third-order valence-corrected chi connectivity index (χ3v) is 10.2. The minimum absolute atomic E-state index is 0.0211. The summed E-state index contributed by atoms with van der Waals surface area (Å²) in [6.07, 6.45) is 4.90. The second kappa shape index (κ2) is 12.7. The molecule has 220 valence electrons. The van der Waals surface area contributed by atoms with E-state index in [9.17, 15) is 19.5 Å². The van der Waals surface area contributed by atoms with Crippen LogP contribution in [0.4, 0.5) is 0 Å². The molecule has 3 rings (SSSR count). The molecule has 3 heterocycles. The van der Waals surface area contributed by atoms with Crippen LogP contribution in [0.5, 0.6) is 0 Å². The van der Waals surface area contributed by atoms with Crippen LogP contribution in [-0.4, -0.2) is 73.9 Å². The number of methoxy groups -OCH3 is 1. The molecule has 1 aromatic rings. The number of thioether (sulfide) groups is 1. The van der Waals surface area contributed by atoms with E-state index in [1.807, 2.05) is 45.4 Å². The van der Waals surface area contributed by atoms with Crippen LogP contribution < -0.4 is 0 Å². The number of aliphatic hydroxyl groups is 1. The van der Waals surface area contributed by atoms with Gasteiger partial charge in [0, 0.05) is 49.6 Å². The number of ether oxygens (including phenoxy) is 3. The van der Waals surface area contributed by atoms with Crippen molar-refractivity contribution >= 4 is 29.5 Å². The van der Waals surface area contributed by atoms with Crippen LogP contribution in [0, 0.1) is 29.6 Å². The first-order chi connectivity index (χ1) is 18.3. The summed E-state index contributed by atoms with van der Waals surface area (Å²) in [5.74, 6) is -2.75. The van der Waals surface area contributed by atoms with Gasteiger partial charge in [-0.05, 0) is 46.0 Å². The van der Waals surface area contributed by atoms with Crippen LogP contribution >= 0.6 is 11.8 Å². The zero-order valence-corrected chi connectivity index (χ0v) is 25.4. The highest BCUT2D eigenvalue weighted by molar-refractivity contribution is 8.00. The fourth-order valence-electron chi connectivity index (χ4n) is 6.62. The summed E-state index contributed by atoms with van der Waals surface area (Å²) in [6, 6.07) is 0. The van der Waals surface area contributed by atoms with E-state index >= 15 is 0 Å². The highest BCUT2D eigenvalue weighted by atomic mass is 32.2. The Morgan fingerprint density at radius 3 is 2.41 bits per heavy atom. The maximum atomic E-state index is 14.0. The van der Waals surface area contributed by atoms with Crippen molar-refractivity contribution < 1.29 is 33.7 Å². The SMILES string of the molecule is CCC1OC(=O)C(C)C(O)C(C)CC(C)(OC)CC(C)C(=O)C(C)C2C(SCCn3ccnc3)C(=O)OC12C. The fourth-order valence-corrected chi connectivity index (χ4v) is 8.08. The van der Waals surface area contributed by atoms with Crippen molar-refractivity contribution in [3.8, 4) is 0 Å². The predicted molar refractivity (Wildman–Crippen MR) is 149 cm³/mol. The maximum absolute atomic E-state index is 14.0. The fraction of sp³-hybridized carbons (Fsp3) is 0.793. The number of rotatable bonds is 6. The third kappa shape index (κ3) is 6.70. The molecule has 0 radical (unpaired) electrons. The monoisotopic (exact) mass is 566 g/mol. The number of fused-ring (bicyclic) bond motifs is 1. The standard InChI is InChI=1S/C29H46N2O7S/c1-9-21-29(7)22(25(27(35)38-29)39-13-12-31-11-10-30-16-31)19(4)23(32)17(2)14-28(6,36-8)15-18(3)24(33)20(5)26(34)37-21/h10-11,16-22,24-25,33H,9,12-15H2,1-8H3. The Balaban J connectivity index is 2.01. The van der Waals surface area contributed by atoms with E-state index < -0.39 is 58.4 Å². The van der Waals surface area contributed by atoms with Gasteiger partial charge >= 0.3 is 11.9 Å². The number of aryl methyl sites for hydroxylation is 1. The number of hydrogen-bond acceptors (Lipinski definition) is 9. The van der Waals surface area contributed by atoms with Gasteiger partial charge in [0.25, 0.3) is 0 Å². The van der Waals surface area contributed by atoms with Crippen molar-refractivity contribution in [1.82, 2.24) is 9.55 Å². The summed E-state index contributed by atoms with van der Waals surface area (Å²) in [7, 11) is 1.61. The van der Waals surface area contributed by atoms with E-state index in [4.69, 9.17) is 14.2 Å². The Kier molecular flexibility index (Phi) is 10.3. The molecule has 2 saturated heterocycles. The first-order valence-corrected chi connectivity index (χ1v) is 15.1. The molecule has 0 amide bonds. The highest BCUT2D eigenvalue weighted by Gasteiger charge is 2.61. The van der Waals surface area contributed by atoms with Crippen LogP contribution in [0.2, 0.25) is 0 Å². The van der Waals surface area contributed by atoms with Crippen molar-refractivity contribution in [3.05, 3.63) is 18.7 Å². The summed E-state index contributed by atoms with van der Waals surface area (Å²) in [4.78, 5) is 44.7. The van der Waals surface area contributed by atoms with Crippen LogP contribution in [0.25, 0.3) is 0 Å². The molecule has 9 nitrogen and oxygen atoms in total. The van der Waals surface area contributed by atoms with Crippen molar-refractivity contribution in [3.63, 3.8) is 0 Å². The van der Waals surface area contributed by atoms with Crippen LogP contribution in [0.15, 0.2) is 18.7 Å². The Hall–Kier alpha value is -1.91. The van der Waals surface area contributed by atoms with Crippen molar-refractivity contribution in [1.29, 1.82) is 0 Å². The molecule has 0 bridgehead atoms. The second-order valence-corrected chi connectivity index (χ2v) is 13.2. The average Bonchev–Trinajstić information content (AvgIpc) is 3.50. The van der Waals surface area contributed by atoms with Gasteiger partial charge in [-0.2, -0.15) is 0 Å². The zero-order chi connectivity index (χ0) is 29.1. The third-order valence-electron chi connectivity index (χ3n) is 8.94. The molecule has 0 aliphatic carbocycles. The molecule has 0 saturated carbocycles. The van der Waals surface area contributed by atoms with Gasteiger partial charge < -0.3 is 23.9 Å². The van der Waals surface area contributed by atoms with Crippen LogP contribution in [-0.2, 0) is 35.1 Å². The number of carbonyl (C=O) groups excluding carboxylic acids is 3. The average molecular weight is 567 g/mol. The number of Topliss-reactive ketones (excluding diaryl/α,β-unsaturated/α-hetero) is 1. The van der Waals surface area contributed by atoms with Crippen molar-refractivity contribution in [2.24, 2.45) is 29.6 Å². The highest BCUT2D eigenvalue weighted by Crippen LogP contribution is 2.48. The largest absolute Gasteiger partial charge is 0.458 e. The summed E-state index contributed by atoms with van der Waals surface area (Å²) in [6.45, 7) is 13.6. The topological polar surface area (TPSA) is 117 Å². The summed E-state index contributed by atoms with van der Waals surface area (Å²) < 4.78 is 19.9. The first-order valence-electron chi connectivity index (χ1n) is 14.1. The molecule has 1 N–H and O–H groups in total. The van der Waals surface area contributed by atoms with E-state index in [1.165, 1.54) is 11.8 Å². The lowest BCUT2D eigenvalue weighted by Crippen LogP contribution is -2.53.